The monoisotopic (exact) mass is 298 g/mol. The lowest BCUT2D eigenvalue weighted by Gasteiger charge is -2.12. The van der Waals surface area contributed by atoms with Crippen LogP contribution in [0.25, 0.3) is 0 Å². The third-order valence-corrected chi connectivity index (χ3v) is 2.67. The van der Waals surface area contributed by atoms with E-state index < -0.39 is 17.5 Å². The summed E-state index contributed by atoms with van der Waals surface area (Å²) in [6.07, 6.45) is 0. The zero-order valence-electron chi connectivity index (χ0n) is 9.99. The van der Waals surface area contributed by atoms with Crippen molar-refractivity contribution in [3.05, 3.63) is 52.6 Å². The molecular weight excluding hydrogens is 290 g/mol. The number of rotatable bonds is 3. The van der Waals surface area contributed by atoms with Gasteiger partial charge in [0.1, 0.15) is 17.4 Å². The SMILES string of the molecule is NC(=O)c1cc(N)cc(Cl)c1Oc1cc(F)cc(F)c1. The summed E-state index contributed by atoms with van der Waals surface area (Å²) in [6, 6.07) is 5.17. The van der Waals surface area contributed by atoms with Gasteiger partial charge in [-0.3, -0.25) is 4.79 Å². The number of anilines is 1. The minimum absolute atomic E-state index is 0.00321. The quantitative estimate of drug-likeness (QED) is 0.855. The number of hydrogen-bond acceptors (Lipinski definition) is 3. The van der Waals surface area contributed by atoms with Crippen LogP contribution in [0.2, 0.25) is 5.02 Å². The number of carbonyl (C=O) groups excluding carboxylic acids is 1. The molecule has 1 amide bonds. The van der Waals surface area contributed by atoms with E-state index in [1.807, 2.05) is 0 Å². The van der Waals surface area contributed by atoms with Crippen molar-refractivity contribution in [2.45, 2.75) is 0 Å². The first-order chi connectivity index (χ1) is 9.36. The maximum Gasteiger partial charge on any atom is 0.252 e. The minimum Gasteiger partial charge on any atom is -0.455 e. The molecule has 0 aliphatic rings. The first-order valence-corrected chi connectivity index (χ1v) is 5.77. The molecule has 0 aromatic heterocycles. The van der Waals surface area contributed by atoms with Gasteiger partial charge in [0.2, 0.25) is 0 Å². The molecule has 0 spiro atoms. The molecule has 0 unspecified atom stereocenters. The molecule has 0 atom stereocenters. The Morgan fingerprint density at radius 3 is 2.25 bits per heavy atom. The largest absolute Gasteiger partial charge is 0.455 e. The minimum atomic E-state index is -0.828. The normalized spacial score (nSPS) is 10.3. The fourth-order valence-corrected chi connectivity index (χ4v) is 1.87. The molecule has 2 rings (SSSR count). The molecule has 0 heterocycles. The summed E-state index contributed by atoms with van der Waals surface area (Å²) in [4.78, 5) is 11.3. The summed E-state index contributed by atoms with van der Waals surface area (Å²) in [6.45, 7) is 0. The number of benzene rings is 2. The van der Waals surface area contributed by atoms with Crippen molar-refractivity contribution in [1.29, 1.82) is 0 Å². The molecule has 104 valence electrons. The smallest absolute Gasteiger partial charge is 0.252 e. The Balaban J connectivity index is 2.50. The van der Waals surface area contributed by atoms with Crippen LogP contribution in [-0.4, -0.2) is 5.91 Å². The van der Waals surface area contributed by atoms with Crippen molar-refractivity contribution in [2.24, 2.45) is 5.73 Å². The van der Waals surface area contributed by atoms with Crippen LogP contribution >= 0.6 is 11.6 Å². The first-order valence-electron chi connectivity index (χ1n) is 5.39. The number of carbonyl (C=O) groups is 1. The lowest BCUT2D eigenvalue weighted by atomic mass is 10.1. The summed E-state index contributed by atoms with van der Waals surface area (Å²) < 4.78 is 31.4. The fourth-order valence-electron chi connectivity index (χ4n) is 1.61. The molecular formula is C13H9ClF2N2O2. The highest BCUT2D eigenvalue weighted by Gasteiger charge is 2.16. The molecule has 0 aliphatic heterocycles. The van der Waals surface area contributed by atoms with Gasteiger partial charge in [-0.25, -0.2) is 8.78 Å². The molecule has 20 heavy (non-hydrogen) atoms. The topological polar surface area (TPSA) is 78.3 Å². The maximum absolute atomic E-state index is 13.1. The van der Waals surface area contributed by atoms with E-state index in [1.54, 1.807) is 0 Å². The van der Waals surface area contributed by atoms with Crippen LogP contribution in [0.15, 0.2) is 30.3 Å². The van der Waals surface area contributed by atoms with Crippen molar-refractivity contribution < 1.29 is 18.3 Å². The van der Waals surface area contributed by atoms with E-state index in [0.717, 1.165) is 12.1 Å². The van der Waals surface area contributed by atoms with Crippen molar-refractivity contribution >= 4 is 23.2 Å². The predicted octanol–water partition coefficient (Wildman–Crippen LogP) is 3.09. The number of ether oxygens (including phenoxy) is 1. The highest BCUT2D eigenvalue weighted by atomic mass is 35.5. The maximum atomic E-state index is 13.1. The number of primary amides is 1. The van der Waals surface area contributed by atoms with Crippen molar-refractivity contribution in [3.63, 3.8) is 0 Å². The van der Waals surface area contributed by atoms with Crippen LogP contribution in [0.4, 0.5) is 14.5 Å². The zero-order chi connectivity index (χ0) is 14.9. The molecule has 2 aromatic rings. The number of amides is 1. The summed E-state index contributed by atoms with van der Waals surface area (Å²) in [5.41, 5.74) is 10.9. The molecule has 2 aromatic carbocycles. The number of nitrogens with two attached hydrogens (primary N) is 2. The molecule has 0 saturated heterocycles. The van der Waals surface area contributed by atoms with Crippen LogP contribution in [0.1, 0.15) is 10.4 Å². The lowest BCUT2D eigenvalue weighted by molar-refractivity contribution is 0.0998. The Morgan fingerprint density at radius 2 is 1.70 bits per heavy atom. The Hall–Kier alpha value is -2.34. The second-order valence-corrected chi connectivity index (χ2v) is 4.36. The van der Waals surface area contributed by atoms with Gasteiger partial charge in [0, 0.05) is 23.9 Å². The van der Waals surface area contributed by atoms with E-state index >= 15 is 0 Å². The summed E-state index contributed by atoms with van der Waals surface area (Å²) in [5, 5.41) is 0.00321. The third kappa shape index (κ3) is 2.97. The second kappa shape index (κ2) is 5.34. The van der Waals surface area contributed by atoms with Crippen molar-refractivity contribution in [3.8, 4) is 11.5 Å². The summed E-state index contributed by atoms with van der Waals surface area (Å²) in [5.74, 6) is -2.75. The van der Waals surface area contributed by atoms with Gasteiger partial charge in [0.25, 0.3) is 5.91 Å². The van der Waals surface area contributed by atoms with E-state index in [4.69, 9.17) is 27.8 Å². The molecule has 0 saturated carbocycles. The van der Waals surface area contributed by atoms with Crippen LogP contribution in [-0.2, 0) is 0 Å². The van der Waals surface area contributed by atoms with Gasteiger partial charge in [-0.1, -0.05) is 11.6 Å². The van der Waals surface area contributed by atoms with E-state index in [0.29, 0.717) is 6.07 Å². The van der Waals surface area contributed by atoms with Crippen LogP contribution in [0, 0.1) is 11.6 Å². The molecule has 0 radical (unpaired) electrons. The average molecular weight is 299 g/mol. The van der Waals surface area contributed by atoms with Crippen LogP contribution in [0.3, 0.4) is 0 Å². The molecule has 0 bridgehead atoms. The van der Waals surface area contributed by atoms with Gasteiger partial charge >= 0.3 is 0 Å². The lowest BCUT2D eigenvalue weighted by Crippen LogP contribution is -2.13. The third-order valence-electron chi connectivity index (χ3n) is 2.39. The Kier molecular flexibility index (Phi) is 3.76. The molecule has 4 nitrogen and oxygen atoms in total. The van der Waals surface area contributed by atoms with Gasteiger partial charge in [-0.2, -0.15) is 0 Å². The average Bonchev–Trinajstić information content (AvgIpc) is 2.30. The molecule has 0 aliphatic carbocycles. The first kappa shape index (κ1) is 14.1. The Morgan fingerprint density at radius 1 is 1.10 bits per heavy atom. The van der Waals surface area contributed by atoms with Crippen LogP contribution in [0.5, 0.6) is 11.5 Å². The van der Waals surface area contributed by atoms with E-state index in [2.05, 4.69) is 0 Å². The number of hydrogen-bond donors (Lipinski definition) is 2. The number of nitrogen functional groups attached to an aromatic ring is 1. The van der Waals surface area contributed by atoms with Gasteiger partial charge in [-0.05, 0) is 12.1 Å². The van der Waals surface area contributed by atoms with Crippen LogP contribution < -0.4 is 16.2 Å². The van der Waals surface area contributed by atoms with E-state index in [1.165, 1.54) is 12.1 Å². The van der Waals surface area contributed by atoms with Crippen molar-refractivity contribution in [2.75, 3.05) is 5.73 Å². The molecule has 7 heteroatoms. The standard InChI is InChI=1S/C13H9ClF2N2O2/c14-11-5-8(17)4-10(13(18)19)12(11)20-9-2-6(15)1-7(16)3-9/h1-5H,17H2,(H2,18,19). The Labute approximate surface area is 117 Å². The highest BCUT2D eigenvalue weighted by molar-refractivity contribution is 6.33. The van der Waals surface area contributed by atoms with E-state index in [9.17, 15) is 13.6 Å². The summed E-state index contributed by atoms with van der Waals surface area (Å²) >= 11 is 5.91. The molecule has 0 fully saturated rings. The van der Waals surface area contributed by atoms with Gasteiger partial charge in [0.15, 0.2) is 5.75 Å². The Bertz CT molecular complexity index is 672. The summed E-state index contributed by atoms with van der Waals surface area (Å²) in [7, 11) is 0. The predicted molar refractivity (Wildman–Crippen MR) is 70.8 cm³/mol. The number of halogens is 3. The van der Waals surface area contributed by atoms with Crippen molar-refractivity contribution in [1.82, 2.24) is 0 Å². The van der Waals surface area contributed by atoms with Gasteiger partial charge in [0.05, 0.1) is 10.6 Å². The fraction of sp³-hybridized carbons (Fsp3) is 0. The van der Waals surface area contributed by atoms with Gasteiger partial charge in [-0.15, -0.1) is 0 Å². The molecule has 4 N–H and O–H groups in total. The zero-order valence-corrected chi connectivity index (χ0v) is 10.7. The van der Waals surface area contributed by atoms with E-state index in [-0.39, 0.29) is 27.8 Å². The second-order valence-electron chi connectivity index (χ2n) is 3.95. The van der Waals surface area contributed by atoms with Gasteiger partial charge < -0.3 is 16.2 Å². The highest BCUT2D eigenvalue weighted by Crippen LogP contribution is 2.35.